The maximum Gasteiger partial charge on any atom is 0.329 e. The number of aromatic nitrogens is 1. The number of nitrogens with one attached hydrogen (secondary N) is 1. The first-order valence-electron chi connectivity index (χ1n) is 6.29. The van der Waals surface area contributed by atoms with E-state index in [2.05, 4.69) is 10.3 Å². The van der Waals surface area contributed by atoms with E-state index in [-0.39, 0.29) is 5.69 Å². The molecule has 1 rings (SSSR count). The number of nitrogens with zero attached hydrogens (tertiary/aromatic N) is 1. The fraction of sp³-hybridized carbons (Fsp3) is 0.500. The number of pyridine rings is 1. The van der Waals surface area contributed by atoms with Crippen LogP contribution in [0.1, 0.15) is 48.4 Å². The van der Waals surface area contributed by atoms with E-state index in [9.17, 15) is 14.7 Å². The topological polar surface area (TPSA) is 79.3 Å². The van der Waals surface area contributed by atoms with Crippen LogP contribution in [0, 0.1) is 13.8 Å². The summed E-state index contributed by atoms with van der Waals surface area (Å²) in [5.74, 6) is -1.49. The van der Waals surface area contributed by atoms with Crippen molar-refractivity contribution in [2.75, 3.05) is 0 Å². The second-order valence-corrected chi connectivity index (χ2v) is 5.01. The summed E-state index contributed by atoms with van der Waals surface area (Å²) >= 11 is 0. The number of carboxylic acid groups (broad SMARTS) is 1. The lowest BCUT2D eigenvalue weighted by molar-refractivity contribution is -0.144. The van der Waals surface area contributed by atoms with E-state index >= 15 is 0 Å². The van der Waals surface area contributed by atoms with Crippen LogP contribution in [0.25, 0.3) is 0 Å². The SMILES string of the molecule is CCCC(C)(NC(=O)c1cc(C)cc(C)n1)C(=O)O. The standard InChI is InChI=1S/C14H20N2O3/c1-5-6-14(4,13(18)19)16-12(17)11-8-9(2)7-10(3)15-11/h7-8H,5-6H2,1-4H3,(H,16,17)(H,18,19). The quantitative estimate of drug-likeness (QED) is 0.853. The first kappa shape index (κ1) is 15.1. The molecule has 1 aromatic heterocycles. The Bertz CT molecular complexity index is 479. The normalized spacial score (nSPS) is 13.7. The summed E-state index contributed by atoms with van der Waals surface area (Å²) < 4.78 is 0. The molecule has 1 atom stereocenters. The summed E-state index contributed by atoms with van der Waals surface area (Å²) in [5, 5.41) is 11.8. The number of carbonyl (C=O) groups excluding carboxylic acids is 1. The molecule has 1 aromatic rings. The number of aryl methyl sites for hydroxylation is 2. The Kier molecular flexibility index (Phi) is 4.64. The van der Waals surface area contributed by atoms with Crippen molar-refractivity contribution in [3.63, 3.8) is 0 Å². The molecular weight excluding hydrogens is 244 g/mol. The van der Waals surface area contributed by atoms with Crippen LogP contribution >= 0.6 is 0 Å². The predicted octanol–water partition coefficient (Wildman–Crippen LogP) is 2.07. The van der Waals surface area contributed by atoms with E-state index in [1.807, 2.05) is 19.9 Å². The van der Waals surface area contributed by atoms with Crippen molar-refractivity contribution in [2.45, 2.75) is 46.1 Å². The summed E-state index contributed by atoms with van der Waals surface area (Å²) in [5.41, 5.74) is 0.648. The number of rotatable bonds is 5. The molecule has 0 spiro atoms. The molecule has 5 heteroatoms. The molecular formula is C14H20N2O3. The van der Waals surface area contributed by atoms with Crippen molar-refractivity contribution in [2.24, 2.45) is 0 Å². The monoisotopic (exact) mass is 264 g/mol. The average Bonchev–Trinajstić information content (AvgIpc) is 2.27. The molecule has 104 valence electrons. The lowest BCUT2D eigenvalue weighted by Gasteiger charge is -2.25. The lowest BCUT2D eigenvalue weighted by Crippen LogP contribution is -2.52. The second kappa shape index (κ2) is 5.82. The molecule has 5 nitrogen and oxygen atoms in total. The third-order valence-corrected chi connectivity index (χ3v) is 2.94. The van der Waals surface area contributed by atoms with Crippen LogP contribution in [-0.4, -0.2) is 27.5 Å². The van der Waals surface area contributed by atoms with Gasteiger partial charge in [0.05, 0.1) is 0 Å². The number of hydrogen-bond acceptors (Lipinski definition) is 3. The fourth-order valence-corrected chi connectivity index (χ4v) is 2.00. The summed E-state index contributed by atoms with van der Waals surface area (Å²) in [4.78, 5) is 27.5. The molecule has 0 radical (unpaired) electrons. The molecule has 1 heterocycles. The minimum atomic E-state index is -1.26. The number of carboxylic acids is 1. The Hall–Kier alpha value is -1.91. The van der Waals surface area contributed by atoms with Crippen molar-refractivity contribution < 1.29 is 14.7 Å². The van der Waals surface area contributed by atoms with E-state index in [1.165, 1.54) is 6.92 Å². The van der Waals surface area contributed by atoms with E-state index in [0.29, 0.717) is 12.8 Å². The molecule has 1 amide bonds. The first-order valence-corrected chi connectivity index (χ1v) is 6.29. The van der Waals surface area contributed by atoms with Crippen LogP contribution in [0.15, 0.2) is 12.1 Å². The summed E-state index contributed by atoms with van der Waals surface area (Å²) in [6.07, 6.45) is 1.04. The zero-order valence-electron chi connectivity index (χ0n) is 11.8. The Labute approximate surface area is 113 Å². The number of aliphatic carboxylic acids is 1. The molecule has 0 aliphatic rings. The van der Waals surface area contributed by atoms with Crippen LogP contribution in [-0.2, 0) is 4.79 Å². The maximum atomic E-state index is 12.1. The van der Waals surface area contributed by atoms with Crippen molar-refractivity contribution in [1.29, 1.82) is 0 Å². The van der Waals surface area contributed by atoms with Crippen molar-refractivity contribution >= 4 is 11.9 Å². The van der Waals surface area contributed by atoms with Gasteiger partial charge in [-0.3, -0.25) is 4.79 Å². The van der Waals surface area contributed by atoms with Gasteiger partial charge in [-0.1, -0.05) is 13.3 Å². The van der Waals surface area contributed by atoms with Crippen LogP contribution < -0.4 is 5.32 Å². The molecule has 0 saturated carbocycles. The van der Waals surface area contributed by atoms with Crippen LogP contribution in [0.5, 0.6) is 0 Å². The summed E-state index contributed by atoms with van der Waals surface area (Å²) in [7, 11) is 0. The molecule has 0 saturated heterocycles. The second-order valence-electron chi connectivity index (χ2n) is 5.01. The van der Waals surface area contributed by atoms with Gasteiger partial charge in [0.2, 0.25) is 0 Å². The Morgan fingerprint density at radius 3 is 2.47 bits per heavy atom. The lowest BCUT2D eigenvalue weighted by atomic mass is 9.96. The van der Waals surface area contributed by atoms with Gasteiger partial charge in [-0.15, -0.1) is 0 Å². The number of amides is 1. The molecule has 0 aromatic carbocycles. The highest BCUT2D eigenvalue weighted by molar-refractivity contribution is 5.96. The number of hydrogen-bond donors (Lipinski definition) is 2. The van der Waals surface area contributed by atoms with Crippen molar-refractivity contribution in [3.8, 4) is 0 Å². The van der Waals surface area contributed by atoms with E-state index in [1.54, 1.807) is 13.0 Å². The Balaban J connectivity index is 2.97. The van der Waals surface area contributed by atoms with Gasteiger partial charge in [0.15, 0.2) is 0 Å². The molecule has 1 unspecified atom stereocenters. The van der Waals surface area contributed by atoms with E-state index < -0.39 is 17.4 Å². The zero-order valence-corrected chi connectivity index (χ0v) is 11.8. The van der Waals surface area contributed by atoms with Crippen LogP contribution in [0.4, 0.5) is 0 Å². The van der Waals surface area contributed by atoms with Gasteiger partial charge in [0, 0.05) is 5.69 Å². The maximum absolute atomic E-state index is 12.1. The van der Waals surface area contributed by atoms with Gasteiger partial charge in [-0.2, -0.15) is 0 Å². The predicted molar refractivity (Wildman–Crippen MR) is 72.1 cm³/mol. The zero-order chi connectivity index (χ0) is 14.6. The van der Waals surface area contributed by atoms with Gasteiger partial charge in [-0.05, 0) is 44.9 Å². The molecule has 0 aliphatic heterocycles. The van der Waals surface area contributed by atoms with Gasteiger partial charge in [0.1, 0.15) is 11.2 Å². The largest absolute Gasteiger partial charge is 0.480 e. The minimum Gasteiger partial charge on any atom is -0.480 e. The molecule has 19 heavy (non-hydrogen) atoms. The van der Waals surface area contributed by atoms with Crippen LogP contribution in [0.2, 0.25) is 0 Å². The van der Waals surface area contributed by atoms with E-state index in [0.717, 1.165) is 11.3 Å². The summed E-state index contributed by atoms with van der Waals surface area (Å²) in [6.45, 7) is 7.06. The van der Waals surface area contributed by atoms with Gasteiger partial charge in [0.25, 0.3) is 5.91 Å². The minimum absolute atomic E-state index is 0.251. The third-order valence-electron chi connectivity index (χ3n) is 2.94. The number of carbonyl (C=O) groups is 2. The molecule has 2 N–H and O–H groups in total. The third kappa shape index (κ3) is 3.77. The highest BCUT2D eigenvalue weighted by Gasteiger charge is 2.34. The highest BCUT2D eigenvalue weighted by Crippen LogP contribution is 2.14. The Morgan fingerprint density at radius 2 is 2.00 bits per heavy atom. The van der Waals surface area contributed by atoms with Crippen molar-refractivity contribution in [1.82, 2.24) is 10.3 Å². The Morgan fingerprint density at radius 1 is 1.37 bits per heavy atom. The average molecular weight is 264 g/mol. The fourth-order valence-electron chi connectivity index (χ4n) is 2.00. The highest BCUT2D eigenvalue weighted by atomic mass is 16.4. The molecule has 0 aliphatic carbocycles. The van der Waals surface area contributed by atoms with E-state index in [4.69, 9.17) is 0 Å². The molecule has 0 fully saturated rings. The first-order chi connectivity index (χ1) is 8.78. The van der Waals surface area contributed by atoms with Crippen LogP contribution in [0.3, 0.4) is 0 Å². The van der Waals surface area contributed by atoms with Crippen molar-refractivity contribution in [3.05, 3.63) is 29.1 Å². The molecule has 0 bridgehead atoms. The van der Waals surface area contributed by atoms with Gasteiger partial charge < -0.3 is 10.4 Å². The van der Waals surface area contributed by atoms with Gasteiger partial charge in [-0.25, -0.2) is 9.78 Å². The summed E-state index contributed by atoms with van der Waals surface area (Å²) in [6, 6.07) is 3.51. The van der Waals surface area contributed by atoms with Gasteiger partial charge >= 0.3 is 5.97 Å². The smallest absolute Gasteiger partial charge is 0.329 e.